The standard InChI is InChI=1S/C20H19F3N2O4/c1-13(24-19(26)12-29-16-7-4-14(21)5-8-16)3-2-10-28-20(27)25-15-6-9-17(22)18(23)11-15/h4-9,11H,1-3,10,12H2,(H,24,26)(H,25,27). The van der Waals surface area contributed by atoms with Gasteiger partial charge in [0.25, 0.3) is 5.91 Å². The molecular formula is C20H19F3N2O4. The molecule has 2 amide bonds. The minimum Gasteiger partial charge on any atom is -0.484 e. The van der Waals surface area contributed by atoms with Gasteiger partial charge in [0.2, 0.25) is 0 Å². The van der Waals surface area contributed by atoms with Crippen LogP contribution in [-0.4, -0.2) is 25.2 Å². The first kappa shape index (κ1) is 21.8. The topological polar surface area (TPSA) is 76.7 Å². The molecule has 2 N–H and O–H groups in total. The maximum Gasteiger partial charge on any atom is 0.411 e. The Bertz CT molecular complexity index is 873. The molecule has 0 aliphatic rings. The third kappa shape index (κ3) is 7.96. The molecule has 0 aliphatic carbocycles. The average Bonchev–Trinajstić information content (AvgIpc) is 2.68. The van der Waals surface area contributed by atoms with E-state index in [4.69, 9.17) is 9.47 Å². The summed E-state index contributed by atoms with van der Waals surface area (Å²) in [5.41, 5.74) is 0.467. The van der Waals surface area contributed by atoms with E-state index < -0.39 is 29.5 Å². The summed E-state index contributed by atoms with van der Waals surface area (Å²) in [6, 6.07) is 8.16. The summed E-state index contributed by atoms with van der Waals surface area (Å²) in [5, 5.41) is 4.80. The van der Waals surface area contributed by atoms with Gasteiger partial charge in [-0.25, -0.2) is 18.0 Å². The Morgan fingerprint density at radius 3 is 2.41 bits per heavy atom. The van der Waals surface area contributed by atoms with Gasteiger partial charge in [0.1, 0.15) is 11.6 Å². The lowest BCUT2D eigenvalue weighted by atomic mass is 10.2. The maximum absolute atomic E-state index is 13.1. The quantitative estimate of drug-likeness (QED) is 0.612. The first-order valence-electron chi connectivity index (χ1n) is 8.58. The summed E-state index contributed by atoms with van der Waals surface area (Å²) < 4.78 is 48.8. The minimum atomic E-state index is -1.08. The Balaban J connectivity index is 1.59. The van der Waals surface area contributed by atoms with E-state index in [2.05, 4.69) is 17.2 Å². The lowest BCUT2D eigenvalue weighted by Crippen LogP contribution is -2.28. The maximum atomic E-state index is 13.1. The Labute approximate surface area is 165 Å². The van der Waals surface area contributed by atoms with Crippen LogP contribution in [0.2, 0.25) is 0 Å². The van der Waals surface area contributed by atoms with E-state index in [9.17, 15) is 22.8 Å². The molecule has 0 saturated carbocycles. The fourth-order valence-electron chi connectivity index (χ4n) is 2.15. The van der Waals surface area contributed by atoms with Gasteiger partial charge < -0.3 is 14.8 Å². The lowest BCUT2D eigenvalue weighted by molar-refractivity contribution is -0.122. The molecule has 0 saturated heterocycles. The van der Waals surface area contributed by atoms with Crippen LogP contribution >= 0.6 is 0 Å². The van der Waals surface area contributed by atoms with Crippen molar-refractivity contribution in [3.8, 4) is 5.75 Å². The second kappa shape index (κ2) is 10.7. The summed E-state index contributed by atoms with van der Waals surface area (Å²) >= 11 is 0. The minimum absolute atomic E-state index is 0.0243. The highest BCUT2D eigenvalue weighted by Gasteiger charge is 2.08. The number of benzene rings is 2. The molecule has 0 atom stereocenters. The van der Waals surface area contributed by atoms with E-state index in [-0.39, 0.29) is 18.9 Å². The van der Waals surface area contributed by atoms with Crippen molar-refractivity contribution in [2.45, 2.75) is 12.8 Å². The first-order chi connectivity index (χ1) is 13.8. The van der Waals surface area contributed by atoms with Crippen LogP contribution in [0.3, 0.4) is 0 Å². The summed E-state index contributed by atoms with van der Waals surface area (Å²) in [4.78, 5) is 23.4. The van der Waals surface area contributed by atoms with Gasteiger partial charge in [-0.2, -0.15) is 0 Å². The van der Waals surface area contributed by atoms with Crippen molar-refractivity contribution in [3.05, 3.63) is 72.2 Å². The van der Waals surface area contributed by atoms with E-state index in [0.29, 0.717) is 24.3 Å². The van der Waals surface area contributed by atoms with Gasteiger partial charge in [-0.15, -0.1) is 0 Å². The fraction of sp³-hybridized carbons (Fsp3) is 0.200. The van der Waals surface area contributed by atoms with E-state index in [0.717, 1.165) is 12.1 Å². The highest BCUT2D eigenvalue weighted by molar-refractivity contribution is 5.84. The van der Waals surface area contributed by atoms with Crippen LogP contribution in [0, 0.1) is 17.5 Å². The normalized spacial score (nSPS) is 10.2. The van der Waals surface area contributed by atoms with E-state index in [1.165, 1.54) is 30.3 Å². The third-order valence-corrected chi connectivity index (χ3v) is 3.52. The smallest absolute Gasteiger partial charge is 0.411 e. The van der Waals surface area contributed by atoms with Gasteiger partial charge in [-0.1, -0.05) is 6.58 Å². The highest BCUT2D eigenvalue weighted by Crippen LogP contribution is 2.13. The number of amides is 2. The Kier molecular flexibility index (Phi) is 8.08. The number of nitrogens with one attached hydrogen (secondary N) is 2. The predicted molar refractivity (Wildman–Crippen MR) is 99.7 cm³/mol. The largest absolute Gasteiger partial charge is 0.484 e. The molecule has 0 heterocycles. The van der Waals surface area contributed by atoms with Crippen LogP contribution in [0.15, 0.2) is 54.7 Å². The number of carbonyl (C=O) groups excluding carboxylic acids is 2. The van der Waals surface area contributed by atoms with Crippen LogP contribution in [0.25, 0.3) is 0 Å². The number of anilines is 1. The molecule has 0 spiro atoms. The van der Waals surface area contributed by atoms with Crippen molar-refractivity contribution in [3.63, 3.8) is 0 Å². The van der Waals surface area contributed by atoms with E-state index in [1.807, 2.05) is 0 Å². The lowest BCUT2D eigenvalue weighted by Gasteiger charge is -2.10. The van der Waals surface area contributed by atoms with Crippen molar-refractivity contribution in [2.75, 3.05) is 18.5 Å². The molecule has 0 bridgehead atoms. The number of hydrogen-bond acceptors (Lipinski definition) is 4. The third-order valence-electron chi connectivity index (χ3n) is 3.52. The molecule has 154 valence electrons. The number of rotatable bonds is 9. The van der Waals surface area contributed by atoms with Crippen molar-refractivity contribution >= 4 is 17.7 Å². The van der Waals surface area contributed by atoms with Crippen LogP contribution in [-0.2, 0) is 9.53 Å². The molecule has 0 aliphatic heterocycles. The number of halogens is 3. The molecule has 6 nitrogen and oxygen atoms in total. The zero-order valence-corrected chi connectivity index (χ0v) is 15.3. The number of hydrogen-bond donors (Lipinski definition) is 2. The highest BCUT2D eigenvalue weighted by atomic mass is 19.2. The molecule has 2 aromatic carbocycles. The van der Waals surface area contributed by atoms with Crippen molar-refractivity contribution in [1.82, 2.24) is 5.32 Å². The Hall–Kier alpha value is -3.49. The zero-order valence-electron chi connectivity index (χ0n) is 15.3. The molecular weight excluding hydrogens is 389 g/mol. The van der Waals surface area contributed by atoms with Gasteiger partial charge in [-0.05, 0) is 49.2 Å². The summed E-state index contributed by atoms with van der Waals surface area (Å²) in [5.74, 6) is -2.59. The van der Waals surface area contributed by atoms with Crippen LogP contribution in [0.1, 0.15) is 12.8 Å². The molecule has 0 unspecified atom stereocenters. The van der Waals surface area contributed by atoms with Gasteiger partial charge in [-0.3, -0.25) is 10.1 Å². The van der Waals surface area contributed by atoms with E-state index in [1.54, 1.807) is 0 Å². The second-order valence-electron chi connectivity index (χ2n) is 5.89. The first-order valence-corrected chi connectivity index (χ1v) is 8.58. The number of ether oxygens (including phenoxy) is 2. The molecule has 2 aromatic rings. The van der Waals surface area contributed by atoms with Crippen molar-refractivity contribution < 1.29 is 32.2 Å². The molecule has 0 radical (unpaired) electrons. The van der Waals surface area contributed by atoms with Crippen molar-refractivity contribution in [1.29, 1.82) is 0 Å². The summed E-state index contributed by atoms with van der Waals surface area (Å²) in [7, 11) is 0. The van der Waals surface area contributed by atoms with Crippen LogP contribution < -0.4 is 15.4 Å². The Morgan fingerprint density at radius 2 is 1.72 bits per heavy atom. The molecule has 0 fully saturated rings. The van der Waals surface area contributed by atoms with Crippen LogP contribution in [0.5, 0.6) is 5.75 Å². The summed E-state index contributed by atoms with van der Waals surface area (Å²) in [6.07, 6.45) is -0.0949. The molecule has 9 heteroatoms. The molecule has 2 rings (SSSR count). The second-order valence-corrected chi connectivity index (χ2v) is 5.89. The van der Waals surface area contributed by atoms with Crippen molar-refractivity contribution in [2.24, 2.45) is 0 Å². The predicted octanol–water partition coefficient (Wildman–Crippen LogP) is 4.14. The van der Waals surface area contributed by atoms with E-state index >= 15 is 0 Å². The zero-order chi connectivity index (χ0) is 21.2. The number of carbonyl (C=O) groups is 2. The van der Waals surface area contributed by atoms with Crippen LogP contribution in [0.4, 0.5) is 23.7 Å². The fourth-order valence-corrected chi connectivity index (χ4v) is 2.15. The monoisotopic (exact) mass is 408 g/mol. The van der Waals surface area contributed by atoms with Gasteiger partial charge in [0.05, 0.1) is 6.61 Å². The average molecular weight is 408 g/mol. The SMILES string of the molecule is C=C(CCCOC(=O)Nc1ccc(F)c(F)c1)NC(=O)COc1ccc(F)cc1. The summed E-state index contributed by atoms with van der Waals surface area (Å²) in [6.45, 7) is 3.45. The molecule has 0 aromatic heterocycles. The van der Waals surface area contributed by atoms with Gasteiger partial charge in [0.15, 0.2) is 18.2 Å². The van der Waals surface area contributed by atoms with Gasteiger partial charge >= 0.3 is 6.09 Å². The molecule has 29 heavy (non-hydrogen) atoms. The number of allylic oxidation sites excluding steroid dienone is 1. The Morgan fingerprint density at radius 1 is 1.00 bits per heavy atom. The van der Waals surface area contributed by atoms with Gasteiger partial charge in [0, 0.05) is 17.5 Å².